The molecule has 0 aliphatic carbocycles. The molecule has 0 saturated carbocycles. The maximum absolute atomic E-state index is 12.7. The van der Waals surface area contributed by atoms with Gasteiger partial charge in [0.1, 0.15) is 13.2 Å². The highest BCUT2D eigenvalue weighted by atomic mass is 32.2. The molecular formula is C18H26N2O5S. The molecular weight excluding hydrogens is 356 g/mol. The third kappa shape index (κ3) is 4.48. The molecule has 0 aromatic heterocycles. The van der Waals surface area contributed by atoms with Crippen molar-refractivity contribution in [3.05, 3.63) is 23.8 Å². The number of benzene rings is 1. The van der Waals surface area contributed by atoms with Gasteiger partial charge >= 0.3 is 0 Å². The molecule has 2 aliphatic rings. The lowest BCUT2D eigenvalue weighted by Crippen LogP contribution is -2.45. The minimum atomic E-state index is -3.00. The van der Waals surface area contributed by atoms with E-state index < -0.39 is 9.84 Å². The van der Waals surface area contributed by atoms with Gasteiger partial charge in [0.15, 0.2) is 21.3 Å². The molecule has 1 saturated heterocycles. The summed E-state index contributed by atoms with van der Waals surface area (Å²) in [7, 11) is -1.12. The second kappa shape index (κ2) is 7.84. The van der Waals surface area contributed by atoms with Crippen molar-refractivity contribution in [1.29, 1.82) is 0 Å². The lowest BCUT2D eigenvalue weighted by molar-refractivity contribution is -0.133. The summed E-state index contributed by atoms with van der Waals surface area (Å²) in [4.78, 5) is 16.3. The van der Waals surface area contributed by atoms with Crippen LogP contribution in [0, 0.1) is 0 Å². The Morgan fingerprint density at radius 1 is 1.23 bits per heavy atom. The molecule has 2 aliphatic heterocycles. The van der Waals surface area contributed by atoms with Crippen molar-refractivity contribution in [3.8, 4) is 11.5 Å². The van der Waals surface area contributed by atoms with Gasteiger partial charge in [-0.25, -0.2) is 8.42 Å². The number of fused-ring (bicyclic) bond motifs is 1. The highest BCUT2D eigenvalue weighted by Gasteiger charge is 2.34. The molecule has 7 nitrogen and oxygen atoms in total. The Kier molecular flexibility index (Phi) is 5.72. The zero-order valence-corrected chi connectivity index (χ0v) is 16.1. The van der Waals surface area contributed by atoms with Gasteiger partial charge in [-0.05, 0) is 38.1 Å². The summed E-state index contributed by atoms with van der Waals surface area (Å²) in [6.07, 6.45) is 0.536. The number of likely N-dealkylation sites (N-methyl/N-ethyl adjacent to an activating group) is 2. The molecule has 3 rings (SSSR count). The first kappa shape index (κ1) is 19.0. The molecule has 0 bridgehead atoms. The first-order valence-electron chi connectivity index (χ1n) is 8.95. The van der Waals surface area contributed by atoms with E-state index in [-0.39, 0.29) is 30.0 Å². The van der Waals surface area contributed by atoms with Crippen LogP contribution in [0.2, 0.25) is 0 Å². The van der Waals surface area contributed by atoms with Gasteiger partial charge in [-0.2, -0.15) is 0 Å². The second-order valence-corrected chi connectivity index (χ2v) is 9.12. The van der Waals surface area contributed by atoms with Gasteiger partial charge in [0.05, 0.1) is 18.1 Å². The van der Waals surface area contributed by atoms with E-state index in [2.05, 4.69) is 0 Å². The van der Waals surface area contributed by atoms with E-state index in [4.69, 9.17) is 9.47 Å². The summed E-state index contributed by atoms with van der Waals surface area (Å²) >= 11 is 0. The summed E-state index contributed by atoms with van der Waals surface area (Å²) in [6, 6.07) is 5.60. The van der Waals surface area contributed by atoms with Crippen molar-refractivity contribution < 1.29 is 22.7 Å². The van der Waals surface area contributed by atoms with Crippen LogP contribution in [0.4, 0.5) is 0 Å². The van der Waals surface area contributed by atoms with Crippen molar-refractivity contribution in [1.82, 2.24) is 9.80 Å². The van der Waals surface area contributed by atoms with Crippen LogP contribution in [0.1, 0.15) is 18.9 Å². The number of carbonyl (C=O) groups is 1. The number of rotatable bonds is 6. The predicted octanol–water partition coefficient (Wildman–Crippen LogP) is 0.925. The van der Waals surface area contributed by atoms with Crippen LogP contribution in [-0.2, 0) is 21.2 Å². The maximum Gasteiger partial charge on any atom is 0.237 e. The van der Waals surface area contributed by atoms with E-state index in [1.807, 2.05) is 37.1 Å². The number of carbonyl (C=O) groups excluding carboxylic acids is 1. The standard InChI is InChI=1S/C18H26N2O5S/c1-3-20(15-6-9-26(22,23)13-15)18(21)12-19(2)11-14-4-5-16-17(10-14)25-8-7-24-16/h4-5,10,15H,3,6-9,11-13H2,1-2H3. The molecule has 0 N–H and O–H groups in total. The zero-order chi connectivity index (χ0) is 18.7. The van der Waals surface area contributed by atoms with Gasteiger partial charge in [-0.1, -0.05) is 6.07 Å². The topological polar surface area (TPSA) is 76.2 Å². The third-order valence-corrected chi connectivity index (χ3v) is 6.52. The third-order valence-electron chi connectivity index (χ3n) is 4.77. The van der Waals surface area contributed by atoms with Gasteiger partial charge in [-0.15, -0.1) is 0 Å². The summed E-state index contributed by atoms with van der Waals surface area (Å²) in [6.45, 7) is 4.37. The fraction of sp³-hybridized carbons (Fsp3) is 0.611. The highest BCUT2D eigenvalue weighted by Crippen LogP contribution is 2.31. The average molecular weight is 382 g/mol. The quantitative estimate of drug-likeness (QED) is 0.728. The zero-order valence-electron chi connectivity index (χ0n) is 15.3. The predicted molar refractivity (Wildman–Crippen MR) is 98.2 cm³/mol. The van der Waals surface area contributed by atoms with E-state index >= 15 is 0 Å². The number of sulfone groups is 1. The summed E-state index contributed by atoms with van der Waals surface area (Å²) in [5.41, 5.74) is 1.04. The Bertz CT molecular complexity index is 765. The van der Waals surface area contributed by atoms with Gasteiger partial charge in [-0.3, -0.25) is 9.69 Å². The van der Waals surface area contributed by atoms with Crippen molar-refractivity contribution in [3.63, 3.8) is 0 Å². The van der Waals surface area contributed by atoms with Crippen molar-refractivity contribution in [2.45, 2.75) is 25.9 Å². The van der Waals surface area contributed by atoms with Crippen LogP contribution < -0.4 is 9.47 Å². The summed E-state index contributed by atoms with van der Waals surface area (Å²) in [5, 5.41) is 0. The van der Waals surface area contributed by atoms with Crippen LogP contribution in [0.3, 0.4) is 0 Å². The van der Waals surface area contributed by atoms with Crippen LogP contribution in [0.15, 0.2) is 18.2 Å². The average Bonchev–Trinajstić information content (AvgIpc) is 2.95. The van der Waals surface area contributed by atoms with E-state index in [9.17, 15) is 13.2 Å². The number of ether oxygens (including phenoxy) is 2. The first-order valence-corrected chi connectivity index (χ1v) is 10.8. The Morgan fingerprint density at radius 2 is 1.96 bits per heavy atom. The van der Waals surface area contributed by atoms with Crippen molar-refractivity contribution >= 4 is 15.7 Å². The van der Waals surface area contributed by atoms with Crippen LogP contribution in [0.5, 0.6) is 11.5 Å². The molecule has 1 amide bonds. The first-order chi connectivity index (χ1) is 12.4. The summed E-state index contributed by atoms with van der Waals surface area (Å²) in [5.74, 6) is 1.71. The van der Waals surface area contributed by atoms with Gasteiger partial charge in [0, 0.05) is 19.1 Å². The maximum atomic E-state index is 12.7. The smallest absolute Gasteiger partial charge is 0.237 e. The minimum Gasteiger partial charge on any atom is -0.486 e. The van der Waals surface area contributed by atoms with Gasteiger partial charge in [0.25, 0.3) is 0 Å². The normalized spacial score (nSPS) is 21.0. The molecule has 1 aromatic carbocycles. The molecule has 144 valence electrons. The SMILES string of the molecule is CCN(C(=O)CN(C)Cc1ccc2c(c1)OCCO2)C1CCS(=O)(=O)C1. The molecule has 1 atom stereocenters. The molecule has 2 heterocycles. The largest absolute Gasteiger partial charge is 0.486 e. The lowest BCUT2D eigenvalue weighted by atomic mass is 10.1. The molecule has 1 aromatic rings. The van der Waals surface area contributed by atoms with E-state index in [1.54, 1.807) is 4.90 Å². The monoisotopic (exact) mass is 382 g/mol. The molecule has 0 spiro atoms. The molecule has 1 fully saturated rings. The van der Waals surface area contributed by atoms with E-state index in [1.165, 1.54) is 0 Å². The molecule has 26 heavy (non-hydrogen) atoms. The Balaban J connectivity index is 1.58. The second-order valence-electron chi connectivity index (χ2n) is 6.89. The highest BCUT2D eigenvalue weighted by molar-refractivity contribution is 7.91. The minimum absolute atomic E-state index is 0.0327. The van der Waals surface area contributed by atoms with Crippen LogP contribution >= 0.6 is 0 Å². The Labute approximate surface area is 154 Å². The Morgan fingerprint density at radius 3 is 2.62 bits per heavy atom. The van der Waals surface area contributed by atoms with E-state index in [0.717, 1.165) is 17.1 Å². The van der Waals surface area contributed by atoms with Crippen LogP contribution in [0.25, 0.3) is 0 Å². The number of hydrogen-bond acceptors (Lipinski definition) is 6. The molecule has 0 radical (unpaired) electrons. The number of amides is 1. The van der Waals surface area contributed by atoms with Crippen molar-refractivity contribution in [2.75, 3.05) is 44.9 Å². The van der Waals surface area contributed by atoms with Gasteiger partial charge in [0.2, 0.25) is 5.91 Å². The summed E-state index contributed by atoms with van der Waals surface area (Å²) < 4.78 is 34.5. The Hall–Kier alpha value is -1.80. The van der Waals surface area contributed by atoms with Crippen molar-refractivity contribution in [2.24, 2.45) is 0 Å². The number of hydrogen-bond donors (Lipinski definition) is 0. The number of nitrogens with zero attached hydrogens (tertiary/aromatic N) is 2. The molecule has 1 unspecified atom stereocenters. The van der Waals surface area contributed by atoms with E-state index in [0.29, 0.717) is 32.7 Å². The fourth-order valence-electron chi connectivity index (χ4n) is 3.53. The lowest BCUT2D eigenvalue weighted by Gasteiger charge is -2.29. The molecule has 8 heteroatoms. The fourth-order valence-corrected chi connectivity index (χ4v) is 5.27. The van der Waals surface area contributed by atoms with Crippen LogP contribution in [-0.4, -0.2) is 75.0 Å². The van der Waals surface area contributed by atoms with Gasteiger partial charge < -0.3 is 14.4 Å².